The van der Waals surface area contributed by atoms with Crippen LogP contribution in [0.25, 0.3) is 0 Å². The molecule has 4 rings (SSSR count). The van der Waals surface area contributed by atoms with Gasteiger partial charge in [-0.05, 0) is 85.9 Å². The second-order valence-corrected chi connectivity index (χ2v) is 8.94. The highest BCUT2D eigenvalue weighted by Gasteiger charge is 2.56. The van der Waals surface area contributed by atoms with Gasteiger partial charge in [-0.2, -0.15) is 0 Å². The first-order valence-electron chi connectivity index (χ1n) is 9.65. The first-order valence-corrected chi connectivity index (χ1v) is 9.65. The van der Waals surface area contributed by atoms with E-state index in [4.69, 9.17) is 0 Å². The summed E-state index contributed by atoms with van der Waals surface area (Å²) >= 11 is 0. The Morgan fingerprint density at radius 2 is 1.86 bits per heavy atom. The van der Waals surface area contributed by atoms with Crippen molar-refractivity contribution in [3.63, 3.8) is 0 Å². The smallest absolute Gasteiger partial charge is 0.133 e. The van der Waals surface area contributed by atoms with E-state index in [9.17, 15) is 4.79 Å². The molecule has 0 aromatic heterocycles. The van der Waals surface area contributed by atoms with E-state index in [-0.39, 0.29) is 0 Å². The van der Waals surface area contributed by atoms with E-state index in [1.807, 2.05) is 0 Å². The Morgan fingerprint density at radius 1 is 1.00 bits per heavy atom. The molecule has 0 bridgehead atoms. The predicted molar refractivity (Wildman–Crippen MR) is 85.9 cm³/mol. The predicted octanol–water partition coefficient (Wildman–Crippen LogP) is 5.23. The van der Waals surface area contributed by atoms with Crippen molar-refractivity contribution in [2.45, 2.75) is 78.1 Å². The van der Waals surface area contributed by atoms with Crippen molar-refractivity contribution in [2.24, 2.45) is 40.9 Å². The molecule has 0 saturated heterocycles. The molecule has 21 heavy (non-hydrogen) atoms. The Bertz CT molecular complexity index is 428. The largest absolute Gasteiger partial charge is 0.300 e. The molecule has 4 aliphatic rings. The zero-order valence-electron chi connectivity index (χ0n) is 13.9. The number of carbonyl (C=O) groups excluding carboxylic acids is 1. The van der Waals surface area contributed by atoms with Gasteiger partial charge in [0.15, 0.2) is 0 Å². The van der Waals surface area contributed by atoms with Crippen LogP contribution in [0.1, 0.15) is 78.1 Å². The van der Waals surface area contributed by atoms with Crippen LogP contribution in [0.3, 0.4) is 0 Å². The molecule has 4 fully saturated rings. The molecular weight excluding hydrogens is 256 g/mol. The van der Waals surface area contributed by atoms with Gasteiger partial charge < -0.3 is 0 Å². The summed E-state index contributed by atoms with van der Waals surface area (Å²) in [6.07, 6.45) is 13.2. The van der Waals surface area contributed by atoms with Crippen LogP contribution in [0.5, 0.6) is 0 Å². The fourth-order valence-electron chi connectivity index (χ4n) is 7.44. The number of hydrogen-bond acceptors (Lipinski definition) is 1. The molecule has 4 aliphatic carbocycles. The lowest BCUT2D eigenvalue weighted by Gasteiger charge is -2.55. The van der Waals surface area contributed by atoms with E-state index >= 15 is 0 Å². The van der Waals surface area contributed by atoms with Gasteiger partial charge in [-0.1, -0.05) is 20.3 Å². The Kier molecular flexibility index (Phi) is 3.47. The van der Waals surface area contributed by atoms with Crippen LogP contribution in [0.15, 0.2) is 0 Å². The van der Waals surface area contributed by atoms with E-state index in [0.29, 0.717) is 11.2 Å². The van der Waals surface area contributed by atoms with Crippen LogP contribution in [-0.2, 0) is 4.79 Å². The van der Waals surface area contributed by atoms with Crippen LogP contribution in [0.4, 0.5) is 0 Å². The number of ketones is 1. The van der Waals surface area contributed by atoms with Crippen LogP contribution in [0.2, 0.25) is 0 Å². The summed E-state index contributed by atoms with van der Waals surface area (Å²) < 4.78 is 0. The summed E-state index contributed by atoms with van der Waals surface area (Å²) in [4.78, 5) is 11.8. The average Bonchev–Trinajstić information content (AvgIpc) is 2.83. The van der Waals surface area contributed by atoms with E-state index in [0.717, 1.165) is 48.3 Å². The third-order valence-corrected chi connectivity index (χ3v) is 8.45. The van der Waals surface area contributed by atoms with Gasteiger partial charge in [-0.3, -0.25) is 4.79 Å². The van der Waals surface area contributed by atoms with Gasteiger partial charge in [-0.15, -0.1) is 0 Å². The SMILES string of the molecule is CC[C@H]1CC[C@H]2[C@@H]3CC[C@H]4CC(=O)CC[C@@H]4[C@H]3CC[C@]12C. The van der Waals surface area contributed by atoms with Gasteiger partial charge in [0, 0.05) is 12.8 Å². The molecule has 0 spiro atoms. The van der Waals surface area contributed by atoms with Crippen molar-refractivity contribution in [2.75, 3.05) is 0 Å². The minimum atomic E-state index is 0.558. The summed E-state index contributed by atoms with van der Waals surface area (Å²) in [5.41, 5.74) is 0.660. The number of fused-ring (bicyclic) bond motifs is 5. The minimum Gasteiger partial charge on any atom is -0.300 e. The van der Waals surface area contributed by atoms with Crippen LogP contribution >= 0.6 is 0 Å². The molecule has 0 unspecified atom stereocenters. The lowest BCUT2D eigenvalue weighted by molar-refractivity contribution is -0.127. The van der Waals surface area contributed by atoms with Crippen molar-refractivity contribution < 1.29 is 4.79 Å². The molecule has 118 valence electrons. The molecule has 0 N–H and O–H groups in total. The first-order chi connectivity index (χ1) is 10.1. The molecular formula is C20H32O. The zero-order chi connectivity index (χ0) is 14.6. The van der Waals surface area contributed by atoms with Crippen molar-refractivity contribution >= 4 is 5.78 Å². The Morgan fingerprint density at radius 3 is 2.67 bits per heavy atom. The molecule has 7 atom stereocenters. The second kappa shape index (κ2) is 5.10. The molecule has 0 aromatic rings. The maximum atomic E-state index is 11.8. The van der Waals surface area contributed by atoms with E-state index in [1.54, 1.807) is 0 Å². The van der Waals surface area contributed by atoms with Crippen LogP contribution < -0.4 is 0 Å². The summed E-state index contributed by atoms with van der Waals surface area (Å²) in [7, 11) is 0. The maximum Gasteiger partial charge on any atom is 0.133 e. The normalized spacial score (nSPS) is 53.0. The van der Waals surface area contributed by atoms with Gasteiger partial charge in [0.1, 0.15) is 5.78 Å². The molecule has 0 aliphatic heterocycles. The van der Waals surface area contributed by atoms with Gasteiger partial charge in [-0.25, -0.2) is 0 Å². The fourth-order valence-corrected chi connectivity index (χ4v) is 7.44. The average molecular weight is 288 g/mol. The van der Waals surface area contributed by atoms with Crippen molar-refractivity contribution in [1.29, 1.82) is 0 Å². The number of hydrogen-bond donors (Lipinski definition) is 0. The summed E-state index contributed by atoms with van der Waals surface area (Å²) in [6, 6.07) is 0. The molecule has 1 heteroatoms. The van der Waals surface area contributed by atoms with Crippen molar-refractivity contribution in [3.8, 4) is 0 Å². The number of Topliss-reactive ketones (excluding diaryl/α,β-unsaturated/α-hetero) is 1. The fraction of sp³-hybridized carbons (Fsp3) is 0.950. The third-order valence-electron chi connectivity index (χ3n) is 8.45. The molecule has 0 radical (unpaired) electrons. The Labute approximate surface area is 130 Å². The number of rotatable bonds is 1. The summed E-state index contributed by atoms with van der Waals surface area (Å²) in [6.45, 7) is 5.04. The monoisotopic (exact) mass is 288 g/mol. The highest BCUT2D eigenvalue weighted by Crippen LogP contribution is 2.64. The highest BCUT2D eigenvalue weighted by atomic mass is 16.1. The summed E-state index contributed by atoms with van der Waals surface area (Å²) in [5, 5.41) is 0. The zero-order valence-corrected chi connectivity index (χ0v) is 13.9. The van der Waals surface area contributed by atoms with Crippen molar-refractivity contribution in [3.05, 3.63) is 0 Å². The lowest BCUT2D eigenvalue weighted by Crippen LogP contribution is -2.48. The van der Waals surface area contributed by atoms with Gasteiger partial charge in [0.2, 0.25) is 0 Å². The summed E-state index contributed by atoms with van der Waals surface area (Å²) in [5.74, 6) is 6.23. The quantitative estimate of drug-likeness (QED) is 0.645. The van der Waals surface area contributed by atoms with Gasteiger partial charge in [0.05, 0.1) is 0 Å². The molecule has 4 saturated carbocycles. The lowest BCUT2D eigenvalue weighted by atomic mass is 9.49. The Balaban J connectivity index is 1.56. The highest BCUT2D eigenvalue weighted by molar-refractivity contribution is 5.79. The van der Waals surface area contributed by atoms with E-state index < -0.39 is 0 Å². The Hall–Kier alpha value is -0.330. The van der Waals surface area contributed by atoms with Crippen LogP contribution in [-0.4, -0.2) is 5.78 Å². The second-order valence-electron chi connectivity index (χ2n) is 8.94. The number of carbonyl (C=O) groups is 1. The molecule has 0 amide bonds. The molecule has 1 nitrogen and oxygen atoms in total. The standard InChI is InChI=1S/C20H32O/c1-3-14-5-9-19-18-7-4-13-12-15(21)6-8-16(13)17(18)10-11-20(14,19)2/h13-14,16-19H,3-12H2,1-2H3/t13-,14-,16-,17+,18+,19-,20+/m0/s1. The van der Waals surface area contributed by atoms with Crippen LogP contribution in [0, 0.1) is 40.9 Å². The van der Waals surface area contributed by atoms with Gasteiger partial charge in [0.25, 0.3) is 0 Å². The third kappa shape index (κ3) is 2.05. The molecule has 0 heterocycles. The van der Waals surface area contributed by atoms with E-state index in [2.05, 4.69) is 13.8 Å². The maximum absolute atomic E-state index is 11.8. The topological polar surface area (TPSA) is 17.1 Å². The van der Waals surface area contributed by atoms with E-state index in [1.165, 1.54) is 51.4 Å². The first kappa shape index (κ1) is 14.3. The van der Waals surface area contributed by atoms with Gasteiger partial charge >= 0.3 is 0 Å². The minimum absolute atomic E-state index is 0.558. The van der Waals surface area contributed by atoms with Crippen molar-refractivity contribution in [1.82, 2.24) is 0 Å². The molecule has 0 aromatic carbocycles.